The molecule has 0 aliphatic rings. The Bertz CT molecular complexity index is 296. The van der Waals surface area contributed by atoms with Crippen molar-refractivity contribution in [1.29, 1.82) is 0 Å². The minimum absolute atomic E-state index is 0.391. The van der Waals surface area contributed by atoms with E-state index in [1.807, 2.05) is 6.07 Å². The minimum atomic E-state index is 0.391. The number of hydrogen-bond donors (Lipinski definition) is 1. The van der Waals surface area contributed by atoms with Crippen molar-refractivity contribution >= 4 is 22.9 Å². The lowest BCUT2D eigenvalue weighted by atomic mass is 9.89. The smallest absolute Gasteiger partial charge is 0.0561 e. The van der Waals surface area contributed by atoms with Crippen LogP contribution in [0.15, 0.2) is 11.4 Å². The Kier molecular flexibility index (Phi) is 5.10. The second-order valence-corrected chi connectivity index (χ2v) is 5.63. The van der Waals surface area contributed by atoms with Crippen molar-refractivity contribution in [1.82, 2.24) is 5.32 Å². The van der Waals surface area contributed by atoms with Crippen LogP contribution in [0.1, 0.15) is 38.6 Å². The first-order chi connectivity index (χ1) is 7.07. The third-order valence-electron chi connectivity index (χ3n) is 2.93. The van der Waals surface area contributed by atoms with Gasteiger partial charge in [0, 0.05) is 10.9 Å². The van der Waals surface area contributed by atoms with E-state index in [1.165, 1.54) is 4.88 Å². The van der Waals surface area contributed by atoms with Crippen LogP contribution in [0.4, 0.5) is 0 Å². The molecular formula is C12H20ClNS. The first-order valence-corrected chi connectivity index (χ1v) is 6.80. The predicted molar refractivity (Wildman–Crippen MR) is 69.7 cm³/mol. The molecule has 15 heavy (non-hydrogen) atoms. The van der Waals surface area contributed by atoms with Crippen molar-refractivity contribution in [3.8, 4) is 0 Å². The molecule has 1 N–H and O–H groups in total. The Morgan fingerprint density at radius 1 is 1.40 bits per heavy atom. The third kappa shape index (κ3) is 3.20. The zero-order valence-electron chi connectivity index (χ0n) is 9.88. The normalized spacial score (nSPS) is 15.6. The summed E-state index contributed by atoms with van der Waals surface area (Å²) < 4.78 is 0. The van der Waals surface area contributed by atoms with Gasteiger partial charge >= 0.3 is 0 Å². The summed E-state index contributed by atoms with van der Waals surface area (Å²) in [5.41, 5.74) is 0. The average Bonchev–Trinajstić information content (AvgIpc) is 2.59. The molecule has 1 aromatic heterocycles. The lowest BCUT2D eigenvalue weighted by molar-refractivity contribution is 0.311. The molecule has 0 fully saturated rings. The SMILES string of the molecule is CCNC(c1sccc1Cl)C(C)C(C)C. The summed E-state index contributed by atoms with van der Waals surface area (Å²) in [6, 6.07) is 2.38. The molecular weight excluding hydrogens is 226 g/mol. The molecule has 0 aliphatic heterocycles. The van der Waals surface area contributed by atoms with E-state index in [2.05, 4.69) is 38.4 Å². The van der Waals surface area contributed by atoms with Gasteiger partial charge in [-0.25, -0.2) is 0 Å². The summed E-state index contributed by atoms with van der Waals surface area (Å²) in [5.74, 6) is 1.26. The Labute approximate surface area is 102 Å². The third-order valence-corrected chi connectivity index (χ3v) is 4.37. The van der Waals surface area contributed by atoms with Crippen LogP contribution < -0.4 is 5.32 Å². The number of rotatable bonds is 5. The van der Waals surface area contributed by atoms with Crippen LogP contribution >= 0.6 is 22.9 Å². The van der Waals surface area contributed by atoms with Gasteiger partial charge in [0.2, 0.25) is 0 Å². The van der Waals surface area contributed by atoms with E-state index >= 15 is 0 Å². The molecule has 1 aromatic rings. The van der Waals surface area contributed by atoms with Gasteiger partial charge in [0.25, 0.3) is 0 Å². The molecule has 2 unspecified atom stereocenters. The molecule has 1 heterocycles. The van der Waals surface area contributed by atoms with Crippen molar-refractivity contribution in [2.45, 2.75) is 33.7 Å². The highest BCUT2D eigenvalue weighted by Gasteiger charge is 2.23. The second-order valence-electron chi connectivity index (χ2n) is 4.27. The summed E-state index contributed by atoms with van der Waals surface area (Å²) in [5, 5.41) is 6.50. The van der Waals surface area contributed by atoms with E-state index in [-0.39, 0.29) is 0 Å². The maximum Gasteiger partial charge on any atom is 0.0561 e. The van der Waals surface area contributed by atoms with E-state index in [0.29, 0.717) is 17.9 Å². The zero-order valence-corrected chi connectivity index (χ0v) is 11.5. The van der Waals surface area contributed by atoms with Crippen LogP contribution in [-0.2, 0) is 0 Å². The van der Waals surface area contributed by atoms with E-state index in [9.17, 15) is 0 Å². The van der Waals surface area contributed by atoms with Crippen LogP contribution in [0.2, 0.25) is 5.02 Å². The fraction of sp³-hybridized carbons (Fsp3) is 0.667. The summed E-state index contributed by atoms with van der Waals surface area (Å²) >= 11 is 7.94. The molecule has 0 spiro atoms. The van der Waals surface area contributed by atoms with Gasteiger partial charge in [0.15, 0.2) is 0 Å². The van der Waals surface area contributed by atoms with Crippen LogP contribution in [0, 0.1) is 11.8 Å². The molecule has 3 heteroatoms. The lowest BCUT2D eigenvalue weighted by Crippen LogP contribution is -2.28. The average molecular weight is 246 g/mol. The summed E-state index contributed by atoms with van der Waals surface area (Å²) in [4.78, 5) is 1.28. The Morgan fingerprint density at radius 2 is 2.07 bits per heavy atom. The quantitative estimate of drug-likeness (QED) is 0.814. The van der Waals surface area contributed by atoms with Crippen molar-refractivity contribution in [3.63, 3.8) is 0 Å². The molecule has 0 bridgehead atoms. The van der Waals surface area contributed by atoms with Crippen molar-refractivity contribution in [2.24, 2.45) is 11.8 Å². The summed E-state index contributed by atoms with van der Waals surface area (Å²) in [6.07, 6.45) is 0. The van der Waals surface area contributed by atoms with Crippen LogP contribution in [0.5, 0.6) is 0 Å². The van der Waals surface area contributed by atoms with Gasteiger partial charge in [-0.3, -0.25) is 0 Å². The Hall–Kier alpha value is -0.0500. The molecule has 0 aliphatic carbocycles. The van der Waals surface area contributed by atoms with E-state index in [0.717, 1.165) is 11.6 Å². The minimum Gasteiger partial charge on any atom is -0.309 e. The van der Waals surface area contributed by atoms with Gasteiger partial charge in [-0.1, -0.05) is 39.3 Å². The number of hydrogen-bond acceptors (Lipinski definition) is 2. The standard InChI is InChI=1S/C12H20ClNS/c1-5-14-11(9(4)8(2)3)12-10(13)6-7-15-12/h6-9,11,14H,5H2,1-4H3. The molecule has 0 radical (unpaired) electrons. The Morgan fingerprint density at radius 3 is 2.47 bits per heavy atom. The maximum atomic E-state index is 6.19. The molecule has 0 saturated heterocycles. The number of thiophene rings is 1. The fourth-order valence-corrected chi connectivity index (χ4v) is 3.01. The predicted octanol–water partition coefficient (Wildman–Crippen LogP) is 4.34. The van der Waals surface area contributed by atoms with Crippen molar-refractivity contribution in [2.75, 3.05) is 6.54 Å². The lowest BCUT2D eigenvalue weighted by Gasteiger charge is -2.27. The first kappa shape index (κ1) is 13.0. The first-order valence-electron chi connectivity index (χ1n) is 5.54. The molecule has 0 aromatic carbocycles. The monoisotopic (exact) mass is 245 g/mol. The van der Waals surface area contributed by atoms with Gasteiger partial charge < -0.3 is 5.32 Å². The molecule has 86 valence electrons. The Balaban J connectivity index is 2.87. The molecule has 1 nitrogen and oxygen atoms in total. The van der Waals surface area contributed by atoms with E-state index in [4.69, 9.17) is 11.6 Å². The topological polar surface area (TPSA) is 12.0 Å². The van der Waals surface area contributed by atoms with E-state index in [1.54, 1.807) is 11.3 Å². The molecule has 2 atom stereocenters. The maximum absolute atomic E-state index is 6.19. The van der Waals surface area contributed by atoms with Gasteiger partial charge in [0.05, 0.1) is 5.02 Å². The van der Waals surface area contributed by atoms with Crippen LogP contribution in [-0.4, -0.2) is 6.54 Å². The van der Waals surface area contributed by atoms with Gasteiger partial charge in [-0.2, -0.15) is 0 Å². The highest BCUT2D eigenvalue weighted by atomic mass is 35.5. The highest BCUT2D eigenvalue weighted by Crippen LogP contribution is 2.35. The summed E-state index contributed by atoms with van der Waals surface area (Å²) in [6.45, 7) is 9.93. The zero-order chi connectivity index (χ0) is 11.4. The highest BCUT2D eigenvalue weighted by molar-refractivity contribution is 7.10. The van der Waals surface area contributed by atoms with Gasteiger partial charge in [-0.05, 0) is 29.8 Å². The molecule has 1 rings (SSSR count). The van der Waals surface area contributed by atoms with Crippen molar-refractivity contribution in [3.05, 3.63) is 21.3 Å². The molecule has 0 amide bonds. The largest absolute Gasteiger partial charge is 0.309 e. The van der Waals surface area contributed by atoms with Crippen LogP contribution in [0.25, 0.3) is 0 Å². The van der Waals surface area contributed by atoms with E-state index < -0.39 is 0 Å². The number of nitrogens with one attached hydrogen (secondary N) is 1. The molecule has 0 saturated carbocycles. The summed E-state index contributed by atoms with van der Waals surface area (Å²) in [7, 11) is 0. The van der Waals surface area contributed by atoms with Gasteiger partial charge in [0.1, 0.15) is 0 Å². The van der Waals surface area contributed by atoms with Crippen LogP contribution in [0.3, 0.4) is 0 Å². The second kappa shape index (κ2) is 5.88. The van der Waals surface area contributed by atoms with Gasteiger partial charge in [-0.15, -0.1) is 11.3 Å². The fourth-order valence-electron chi connectivity index (χ4n) is 1.65. The van der Waals surface area contributed by atoms with Crippen molar-refractivity contribution < 1.29 is 0 Å². The number of halogens is 1.